The van der Waals surface area contributed by atoms with E-state index in [2.05, 4.69) is 10.3 Å². The van der Waals surface area contributed by atoms with Crippen LogP contribution in [0.1, 0.15) is 65.0 Å². The molecule has 34 heavy (non-hydrogen) atoms. The Labute approximate surface area is 209 Å². The number of likely N-dealkylation sites (tertiary alicyclic amines) is 2. The number of halogens is 1. The van der Waals surface area contributed by atoms with Crippen molar-refractivity contribution in [1.29, 1.82) is 0 Å². The molecule has 0 radical (unpaired) electrons. The van der Waals surface area contributed by atoms with E-state index < -0.39 is 17.2 Å². The van der Waals surface area contributed by atoms with Crippen molar-refractivity contribution in [3.05, 3.63) is 34.4 Å². The molecule has 0 aromatic carbocycles. The van der Waals surface area contributed by atoms with Crippen molar-refractivity contribution in [3.8, 4) is 0 Å². The summed E-state index contributed by atoms with van der Waals surface area (Å²) in [6.45, 7) is 9.23. The van der Waals surface area contributed by atoms with E-state index in [1.807, 2.05) is 50.8 Å². The zero-order valence-corrected chi connectivity index (χ0v) is 21.7. The molecule has 2 fully saturated rings. The summed E-state index contributed by atoms with van der Waals surface area (Å²) < 4.78 is 6.20. The van der Waals surface area contributed by atoms with Gasteiger partial charge in [0, 0.05) is 31.2 Å². The van der Waals surface area contributed by atoms with Gasteiger partial charge < -0.3 is 15.0 Å². The molecular weight excluding hydrogens is 474 g/mol. The molecule has 2 aromatic rings. The van der Waals surface area contributed by atoms with Gasteiger partial charge in [0.1, 0.15) is 21.3 Å². The second kappa shape index (κ2) is 9.70. The van der Waals surface area contributed by atoms with Crippen LogP contribution in [0.5, 0.6) is 0 Å². The lowest BCUT2D eigenvalue weighted by Gasteiger charge is -2.41. The van der Waals surface area contributed by atoms with Crippen molar-refractivity contribution in [3.63, 3.8) is 0 Å². The highest BCUT2D eigenvalue weighted by Crippen LogP contribution is 2.35. The van der Waals surface area contributed by atoms with Crippen LogP contribution in [0.4, 0.5) is 15.7 Å². The fraction of sp³-hybridized carbons (Fsp3) is 0.583. The summed E-state index contributed by atoms with van der Waals surface area (Å²) in [5.41, 5.74) is -0.446. The third kappa shape index (κ3) is 5.46. The molecule has 4 rings (SSSR count). The number of aromatic nitrogens is 2. The van der Waals surface area contributed by atoms with Gasteiger partial charge in [0.2, 0.25) is 5.91 Å². The monoisotopic (exact) mass is 505 g/mol. The van der Waals surface area contributed by atoms with E-state index in [0.29, 0.717) is 35.5 Å². The first-order valence-electron chi connectivity index (χ1n) is 11.7. The molecule has 2 saturated heterocycles. The minimum atomic E-state index is -0.855. The molecule has 2 aliphatic heterocycles. The SMILES string of the molecule is CC(C)(C)OC(=O)N1CCC[C@]1(C)C(=O)N1CCC(c2cccc(Nc3ncc(Cl)s3)n2)CC1. The van der Waals surface area contributed by atoms with Crippen LogP contribution in [0.3, 0.4) is 0 Å². The number of carbonyl (C=O) groups is 2. The van der Waals surface area contributed by atoms with Crippen LogP contribution in [0.2, 0.25) is 4.34 Å². The average Bonchev–Trinajstić information content (AvgIpc) is 3.38. The Morgan fingerprint density at radius 3 is 2.62 bits per heavy atom. The topological polar surface area (TPSA) is 87.7 Å². The third-order valence-electron chi connectivity index (χ3n) is 6.40. The highest BCUT2D eigenvalue weighted by molar-refractivity contribution is 7.19. The zero-order chi connectivity index (χ0) is 24.5. The van der Waals surface area contributed by atoms with E-state index in [4.69, 9.17) is 21.3 Å². The van der Waals surface area contributed by atoms with E-state index in [1.165, 1.54) is 11.3 Å². The van der Waals surface area contributed by atoms with Crippen molar-refractivity contribution in [2.75, 3.05) is 25.0 Å². The summed E-state index contributed by atoms with van der Waals surface area (Å²) in [7, 11) is 0. The number of hydrogen-bond acceptors (Lipinski definition) is 7. The van der Waals surface area contributed by atoms with Gasteiger partial charge in [-0.25, -0.2) is 14.8 Å². The Morgan fingerprint density at radius 1 is 1.24 bits per heavy atom. The maximum absolute atomic E-state index is 13.5. The zero-order valence-electron chi connectivity index (χ0n) is 20.1. The highest BCUT2D eigenvalue weighted by Gasteiger charge is 2.49. The summed E-state index contributed by atoms with van der Waals surface area (Å²) >= 11 is 7.33. The standard InChI is InChI=1S/C24H32ClN5O3S/c1-23(2,3)33-22(32)30-12-6-11-24(30,4)20(31)29-13-9-16(10-14-29)17-7-5-8-19(27-17)28-21-26-15-18(25)34-21/h5,7-8,15-16H,6,9-14H2,1-4H3,(H,26,27,28)/t24-/m1/s1. The molecule has 2 aliphatic rings. The van der Waals surface area contributed by atoms with Crippen LogP contribution < -0.4 is 5.32 Å². The number of piperidine rings is 1. The summed E-state index contributed by atoms with van der Waals surface area (Å²) in [6, 6.07) is 5.92. The molecule has 4 heterocycles. The number of thiazole rings is 1. The Morgan fingerprint density at radius 2 is 1.97 bits per heavy atom. The van der Waals surface area contributed by atoms with Gasteiger partial charge in [0.05, 0.1) is 6.20 Å². The molecule has 1 atom stereocenters. The second-order valence-electron chi connectivity index (χ2n) is 10.1. The first-order valence-corrected chi connectivity index (χ1v) is 12.9. The van der Waals surface area contributed by atoms with Gasteiger partial charge in [-0.3, -0.25) is 9.69 Å². The molecule has 0 saturated carbocycles. The van der Waals surface area contributed by atoms with Crippen LogP contribution in [0.15, 0.2) is 24.4 Å². The lowest BCUT2D eigenvalue weighted by atomic mass is 9.90. The van der Waals surface area contributed by atoms with Crippen LogP contribution in [-0.4, -0.2) is 62.5 Å². The number of nitrogens with zero attached hydrogens (tertiary/aromatic N) is 4. The van der Waals surface area contributed by atoms with Gasteiger partial charge in [-0.1, -0.05) is 29.0 Å². The van der Waals surface area contributed by atoms with Gasteiger partial charge in [0.15, 0.2) is 5.13 Å². The molecule has 10 heteroatoms. The number of carbonyl (C=O) groups excluding carboxylic acids is 2. The maximum Gasteiger partial charge on any atom is 0.411 e. The molecule has 0 bridgehead atoms. The third-order valence-corrected chi connectivity index (χ3v) is 7.43. The Bertz CT molecular complexity index is 1050. The number of nitrogens with one attached hydrogen (secondary N) is 1. The Kier molecular flexibility index (Phi) is 7.05. The molecule has 1 N–H and O–H groups in total. The number of anilines is 2. The van der Waals surface area contributed by atoms with Gasteiger partial charge in [-0.05, 0) is 65.5 Å². The van der Waals surface area contributed by atoms with Gasteiger partial charge in [0.25, 0.3) is 0 Å². The van der Waals surface area contributed by atoms with E-state index in [0.717, 1.165) is 30.8 Å². The summed E-state index contributed by atoms with van der Waals surface area (Å²) in [5.74, 6) is 1.01. The Balaban J connectivity index is 1.38. The number of hydrogen-bond donors (Lipinski definition) is 1. The normalized spacial score (nSPS) is 21.6. The first-order chi connectivity index (χ1) is 16.0. The average molecular weight is 506 g/mol. The highest BCUT2D eigenvalue weighted by atomic mass is 35.5. The van der Waals surface area contributed by atoms with Crippen molar-refractivity contribution < 1.29 is 14.3 Å². The predicted molar refractivity (Wildman–Crippen MR) is 134 cm³/mol. The lowest BCUT2D eigenvalue weighted by molar-refractivity contribution is -0.143. The lowest BCUT2D eigenvalue weighted by Crippen LogP contribution is -2.58. The van der Waals surface area contributed by atoms with Crippen LogP contribution in [0, 0.1) is 0 Å². The number of amides is 2. The maximum atomic E-state index is 13.5. The summed E-state index contributed by atoms with van der Waals surface area (Å²) in [5, 5.41) is 3.91. The number of ether oxygens (including phenoxy) is 1. The molecule has 2 amide bonds. The van der Waals surface area contributed by atoms with Crippen LogP contribution in [-0.2, 0) is 9.53 Å². The summed E-state index contributed by atoms with van der Waals surface area (Å²) in [6.07, 6.45) is 4.31. The molecule has 0 spiro atoms. The molecule has 0 aliphatic carbocycles. The number of pyridine rings is 1. The molecule has 8 nitrogen and oxygen atoms in total. The van der Waals surface area contributed by atoms with Gasteiger partial charge in [-0.2, -0.15) is 0 Å². The first kappa shape index (κ1) is 24.7. The molecular formula is C24H32ClN5O3S. The fourth-order valence-corrected chi connectivity index (χ4v) is 5.50. The fourth-order valence-electron chi connectivity index (χ4n) is 4.68. The van der Waals surface area contributed by atoms with Gasteiger partial charge in [-0.15, -0.1) is 0 Å². The largest absolute Gasteiger partial charge is 0.444 e. The smallest absolute Gasteiger partial charge is 0.411 e. The van der Waals surface area contributed by atoms with Gasteiger partial charge >= 0.3 is 6.09 Å². The van der Waals surface area contributed by atoms with E-state index in [9.17, 15) is 9.59 Å². The second-order valence-corrected chi connectivity index (χ2v) is 11.8. The number of rotatable bonds is 4. The van der Waals surface area contributed by atoms with E-state index in [-0.39, 0.29) is 11.8 Å². The quantitative estimate of drug-likeness (QED) is 0.596. The Hall–Kier alpha value is -2.39. The summed E-state index contributed by atoms with van der Waals surface area (Å²) in [4.78, 5) is 38.8. The molecule has 184 valence electrons. The van der Waals surface area contributed by atoms with Crippen molar-refractivity contribution >= 4 is 45.9 Å². The molecule has 2 aromatic heterocycles. The van der Waals surface area contributed by atoms with E-state index in [1.54, 1.807) is 11.1 Å². The van der Waals surface area contributed by atoms with Crippen LogP contribution in [0.25, 0.3) is 0 Å². The van der Waals surface area contributed by atoms with Crippen molar-refractivity contribution in [1.82, 2.24) is 19.8 Å². The van der Waals surface area contributed by atoms with Crippen molar-refractivity contribution in [2.24, 2.45) is 0 Å². The van der Waals surface area contributed by atoms with Crippen LogP contribution >= 0.6 is 22.9 Å². The van der Waals surface area contributed by atoms with Crippen molar-refractivity contribution in [2.45, 2.75) is 70.4 Å². The minimum Gasteiger partial charge on any atom is -0.444 e. The van der Waals surface area contributed by atoms with E-state index >= 15 is 0 Å². The predicted octanol–water partition coefficient (Wildman–Crippen LogP) is 5.43. The minimum absolute atomic E-state index is 0.0123. The molecule has 0 unspecified atom stereocenters.